The van der Waals surface area contributed by atoms with Gasteiger partial charge in [0, 0.05) is 31.9 Å². The molecule has 116 valence electrons. The lowest BCUT2D eigenvalue weighted by Gasteiger charge is -2.28. The number of nitrogens with two attached hydrogens (primary N) is 1. The lowest BCUT2D eigenvalue weighted by atomic mass is 10.2. The molecule has 1 aromatic heterocycles. The fourth-order valence-electron chi connectivity index (χ4n) is 3.44. The number of carbonyl (C=O) groups excluding carboxylic acids is 1. The van der Waals surface area contributed by atoms with E-state index in [4.69, 9.17) is 5.73 Å². The average Bonchev–Trinajstić information content (AvgIpc) is 3.10. The molecule has 21 heavy (non-hydrogen) atoms. The molecule has 1 aromatic rings. The van der Waals surface area contributed by atoms with Crippen LogP contribution in [0.15, 0.2) is 12.3 Å². The zero-order valence-corrected chi connectivity index (χ0v) is 13.1. The minimum absolute atomic E-state index is 0.0987. The van der Waals surface area contributed by atoms with Crippen molar-refractivity contribution in [3.05, 3.63) is 18.0 Å². The Morgan fingerprint density at radius 1 is 1.43 bits per heavy atom. The highest BCUT2D eigenvalue weighted by Gasteiger charge is 2.30. The first-order valence-corrected chi connectivity index (χ1v) is 8.07. The van der Waals surface area contributed by atoms with Gasteiger partial charge >= 0.3 is 0 Å². The highest BCUT2D eigenvalue weighted by atomic mass is 16.2. The molecular formula is C16H26N4O. The van der Waals surface area contributed by atoms with Gasteiger partial charge in [-0.2, -0.15) is 0 Å². The average molecular weight is 290 g/mol. The van der Waals surface area contributed by atoms with E-state index >= 15 is 0 Å². The highest BCUT2D eigenvalue weighted by Crippen LogP contribution is 2.37. The third kappa shape index (κ3) is 2.93. The van der Waals surface area contributed by atoms with E-state index in [2.05, 4.69) is 16.4 Å². The molecule has 2 N–H and O–H groups in total. The number of hydrogen-bond acceptors (Lipinski definition) is 3. The molecule has 5 nitrogen and oxygen atoms in total. The summed E-state index contributed by atoms with van der Waals surface area (Å²) in [6.45, 7) is 5.23. The van der Waals surface area contributed by atoms with Gasteiger partial charge in [-0.1, -0.05) is 6.92 Å². The van der Waals surface area contributed by atoms with Crippen LogP contribution in [0.5, 0.6) is 0 Å². The zero-order valence-electron chi connectivity index (χ0n) is 13.1. The van der Waals surface area contributed by atoms with Crippen LogP contribution < -0.4 is 5.73 Å². The van der Waals surface area contributed by atoms with Crippen molar-refractivity contribution in [3.8, 4) is 0 Å². The van der Waals surface area contributed by atoms with E-state index in [1.807, 2.05) is 24.2 Å². The normalized spacial score (nSPS) is 22.7. The molecule has 3 rings (SSSR count). The molecule has 5 heteroatoms. The van der Waals surface area contributed by atoms with Gasteiger partial charge in [0.25, 0.3) is 5.91 Å². The third-order valence-electron chi connectivity index (χ3n) is 4.77. The van der Waals surface area contributed by atoms with Gasteiger partial charge in [-0.25, -0.2) is 0 Å². The van der Waals surface area contributed by atoms with Gasteiger partial charge in [0.15, 0.2) is 0 Å². The standard InChI is InChI=1S/C16H26N4O/c1-3-19-8-4-5-14(19)11-18(2)16(21)15-9-12(17)10-20(15)13-6-7-13/h9-10,13-14H,3-8,11,17H2,1-2H3. The number of amides is 1. The summed E-state index contributed by atoms with van der Waals surface area (Å²) in [4.78, 5) is 17.1. The van der Waals surface area contributed by atoms with Crippen molar-refractivity contribution in [1.82, 2.24) is 14.4 Å². The monoisotopic (exact) mass is 290 g/mol. The van der Waals surface area contributed by atoms with E-state index in [1.165, 1.54) is 12.8 Å². The Labute approximate surface area is 126 Å². The maximum Gasteiger partial charge on any atom is 0.270 e. The van der Waals surface area contributed by atoms with Crippen molar-refractivity contribution < 1.29 is 4.79 Å². The molecule has 0 bridgehead atoms. The first-order valence-electron chi connectivity index (χ1n) is 8.07. The van der Waals surface area contributed by atoms with Gasteiger partial charge in [-0.3, -0.25) is 9.69 Å². The smallest absolute Gasteiger partial charge is 0.270 e. The van der Waals surface area contributed by atoms with Gasteiger partial charge in [0.2, 0.25) is 0 Å². The molecule has 1 saturated heterocycles. The Balaban J connectivity index is 1.69. The number of likely N-dealkylation sites (tertiary alicyclic amines) is 1. The van der Waals surface area contributed by atoms with E-state index in [-0.39, 0.29) is 5.91 Å². The van der Waals surface area contributed by atoms with Crippen LogP contribution in [0.3, 0.4) is 0 Å². The van der Waals surface area contributed by atoms with Gasteiger partial charge in [0.1, 0.15) is 5.69 Å². The van der Waals surface area contributed by atoms with Crippen molar-refractivity contribution in [3.63, 3.8) is 0 Å². The van der Waals surface area contributed by atoms with Crippen molar-refractivity contribution in [2.45, 2.75) is 44.7 Å². The summed E-state index contributed by atoms with van der Waals surface area (Å²) in [5, 5.41) is 0. The van der Waals surface area contributed by atoms with E-state index in [9.17, 15) is 4.79 Å². The summed E-state index contributed by atoms with van der Waals surface area (Å²) < 4.78 is 2.07. The maximum atomic E-state index is 12.7. The Hall–Kier alpha value is -1.49. The summed E-state index contributed by atoms with van der Waals surface area (Å²) in [5.41, 5.74) is 7.33. The first-order chi connectivity index (χ1) is 10.1. The summed E-state index contributed by atoms with van der Waals surface area (Å²) in [6, 6.07) is 2.81. The van der Waals surface area contributed by atoms with E-state index in [1.54, 1.807) is 0 Å². The Morgan fingerprint density at radius 3 is 2.86 bits per heavy atom. The van der Waals surface area contributed by atoms with Crippen LogP contribution in [0.4, 0.5) is 5.69 Å². The molecule has 2 aliphatic rings. The molecule has 0 radical (unpaired) electrons. The van der Waals surface area contributed by atoms with E-state index < -0.39 is 0 Å². The topological polar surface area (TPSA) is 54.5 Å². The molecule has 1 atom stereocenters. The lowest BCUT2D eigenvalue weighted by Crippen LogP contribution is -2.41. The summed E-state index contributed by atoms with van der Waals surface area (Å²) >= 11 is 0. The van der Waals surface area contributed by atoms with Gasteiger partial charge in [0.05, 0.1) is 5.69 Å². The minimum atomic E-state index is 0.0987. The molecule has 1 aliphatic heterocycles. The molecule has 0 spiro atoms. The molecular weight excluding hydrogens is 264 g/mol. The molecule has 2 fully saturated rings. The van der Waals surface area contributed by atoms with Crippen LogP contribution in [0, 0.1) is 0 Å². The fourth-order valence-corrected chi connectivity index (χ4v) is 3.44. The molecule has 1 amide bonds. The largest absolute Gasteiger partial charge is 0.397 e. The number of anilines is 1. The Kier molecular flexibility index (Phi) is 3.93. The fraction of sp³-hybridized carbons (Fsp3) is 0.688. The van der Waals surface area contributed by atoms with E-state index in [0.29, 0.717) is 17.8 Å². The summed E-state index contributed by atoms with van der Waals surface area (Å²) in [6.07, 6.45) is 6.66. The SMILES string of the molecule is CCN1CCCC1CN(C)C(=O)c1cc(N)cn1C1CC1. The molecule has 0 aromatic carbocycles. The van der Waals surface area contributed by atoms with Gasteiger partial charge < -0.3 is 15.2 Å². The van der Waals surface area contributed by atoms with Crippen molar-refractivity contribution in [2.75, 3.05) is 32.4 Å². The van der Waals surface area contributed by atoms with Gasteiger partial charge in [-0.15, -0.1) is 0 Å². The number of nitrogen functional groups attached to an aromatic ring is 1. The minimum Gasteiger partial charge on any atom is -0.397 e. The number of aromatic nitrogens is 1. The third-order valence-corrected chi connectivity index (χ3v) is 4.77. The van der Waals surface area contributed by atoms with Crippen LogP contribution in [-0.2, 0) is 0 Å². The Bertz CT molecular complexity index is 520. The zero-order chi connectivity index (χ0) is 15.0. The van der Waals surface area contributed by atoms with Crippen LogP contribution in [0.25, 0.3) is 0 Å². The number of nitrogens with zero attached hydrogens (tertiary/aromatic N) is 3. The molecule has 1 unspecified atom stereocenters. The predicted molar refractivity (Wildman–Crippen MR) is 84.3 cm³/mol. The second-order valence-electron chi connectivity index (χ2n) is 6.41. The van der Waals surface area contributed by atoms with E-state index in [0.717, 1.165) is 38.2 Å². The van der Waals surface area contributed by atoms with Crippen LogP contribution >= 0.6 is 0 Å². The highest BCUT2D eigenvalue weighted by molar-refractivity contribution is 5.93. The number of rotatable bonds is 5. The Morgan fingerprint density at radius 2 is 2.19 bits per heavy atom. The predicted octanol–water partition coefficient (Wildman–Crippen LogP) is 1.96. The first kappa shape index (κ1) is 14.4. The van der Waals surface area contributed by atoms with Gasteiger partial charge in [-0.05, 0) is 44.8 Å². The quantitative estimate of drug-likeness (QED) is 0.902. The lowest BCUT2D eigenvalue weighted by molar-refractivity contribution is 0.0744. The van der Waals surface area contributed by atoms with Crippen molar-refractivity contribution in [1.29, 1.82) is 0 Å². The molecule has 1 aliphatic carbocycles. The van der Waals surface area contributed by atoms with Crippen LogP contribution in [0.2, 0.25) is 0 Å². The van der Waals surface area contributed by atoms with Crippen LogP contribution in [-0.4, -0.2) is 53.0 Å². The maximum absolute atomic E-state index is 12.7. The molecule has 2 heterocycles. The van der Waals surface area contributed by atoms with Crippen molar-refractivity contribution in [2.24, 2.45) is 0 Å². The summed E-state index contributed by atoms with van der Waals surface area (Å²) in [5.74, 6) is 0.0987. The number of carbonyl (C=O) groups is 1. The molecule has 1 saturated carbocycles. The summed E-state index contributed by atoms with van der Waals surface area (Å²) in [7, 11) is 1.91. The number of hydrogen-bond donors (Lipinski definition) is 1. The number of likely N-dealkylation sites (N-methyl/N-ethyl adjacent to an activating group) is 2. The second-order valence-corrected chi connectivity index (χ2v) is 6.41. The van der Waals surface area contributed by atoms with Crippen molar-refractivity contribution >= 4 is 11.6 Å². The second kappa shape index (κ2) is 5.72. The van der Waals surface area contributed by atoms with Crippen LogP contribution in [0.1, 0.15) is 49.1 Å².